The highest BCUT2D eigenvalue weighted by molar-refractivity contribution is 5.85. The van der Waals surface area contributed by atoms with Crippen LogP contribution in [0.3, 0.4) is 0 Å². The number of hydrogen-bond donors (Lipinski definition) is 1. The molecule has 4 bridgehead atoms. The maximum atomic E-state index is 12.4. The molecule has 6 nitrogen and oxygen atoms in total. The van der Waals surface area contributed by atoms with Crippen LogP contribution in [-0.2, 0) is 9.63 Å². The molecule has 0 radical (unpaired) electrons. The molecule has 0 spiro atoms. The fourth-order valence-electron chi connectivity index (χ4n) is 5.80. The lowest BCUT2D eigenvalue weighted by atomic mass is 9.53. The van der Waals surface area contributed by atoms with Crippen molar-refractivity contribution in [3.8, 4) is 11.5 Å². The van der Waals surface area contributed by atoms with Crippen LogP contribution in [0.15, 0.2) is 23.4 Å². The third-order valence-corrected chi connectivity index (χ3v) is 6.34. The van der Waals surface area contributed by atoms with E-state index in [-0.39, 0.29) is 18.1 Å². The van der Waals surface area contributed by atoms with E-state index in [1.807, 2.05) is 18.2 Å². The van der Waals surface area contributed by atoms with Crippen molar-refractivity contribution in [1.82, 2.24) is 5.32 Å². The second-order valence-electron chi connectivity index (χ2n) is 8.34. The number of ether oxygens (including phenoxy) is 2. The van der Waals surface area contributed by atoms with Crippen LogP contribution >= 0.6 is 0 Å². The molecule has 27 heavy (non-hydrogen) atoms. The molecule has 4 aliphatic carbocycles. The van der Waals surface area contributed by atoms with Gasteiger partial charge in [-0.3, -0.25) is 4.79 Å². The number of oxime groups is 1. The fourth-order valence-corrected chi connectivity index (χ4v) is 5.80. The van der Waals surface area contributed by atoms with Crippen molar-refractivity contribution in [3.05, 3.63) is 23.8 Å². The molecule has 1 amide bonds. The van der Waals surface area contributed by atoms with Crippen LogP contribution in [0.5, 0.6) is 11.5 Å². The molecule has 1 N–H and O–H groups in total. The minimum absolute atomic E-state index is 0.00885. The van der Waals surface area contributed by atoms with Crippen molar-refractivity contribution in [2.75, 3.05) is 20.8 Å². The average Bonchev–Trinajstić information content (AvgIpc) is 2.63. The van der Waals surface area contributed by atoms with E-state index in [0.717, 1.165) is 42.6 Å². The summed E-state index contributed by atoms with van der Waals surface area (Å²) in [6.07, 6.45) is 9.02. The van der Waals surface area contributed by atoms with Crippen LogP contribution in [0.2, 0.25) is 0 Å². The van der Waals surface area contributed by atoms with Crippen molar-refractivity contribution in [2.45, 2.75) is 44.1 Å². The number of rotatable bonds is 7. The first-order valence-corrected chi connectivity index (χ1v) is 9.78. The molecule has 0 saturated heterocycles. The largest absolute Gasteiger partial charge is 0.493 e. The minimum Gasteiger partial charge on any atom is -0.493 e. The van der Waals surface area contributed by atoms with Crippen molar-refractivity contribution < 1.29 is 19.1 Å². The van der Waals surface area contributed by atoms with Gasteiger partial charge >= 0.3 is 0 Å². The lowest BCUT2D eigenvalue weighted by Gasteiger charge is -2.56. The van der Waals surface area contributed by atoms with E-state index < -0.39 is 0 Å². The summed E-state index contributed by atoms with van der Waals surface area (Å²) in [5, 5.41) is 7.22. The van der Waals surface area contributed by atoms with E-state index in [1.165, 1.54) is 19.3 Å². The summed E-state index contributed by atoms with van der Waals surface area (Å²) in [5.74, 6) is 3.54. The molecule has 5 rings (SSSR count). The van der Waals surface area contributed by atoms with E-state index in [0.29, 0.717) is 11.5 Å². The van der Waals surface area contributed by atoms with Gasteiger partial charge in [0.2, 0.25) is 0 Å². The highest BCUT2D eigenvalue weighted by Crippen LogP contribution is 2.55. The lowest BCUT2D eigenvalue weighted by molar-refractivity contribution is -0.131. The van der Waals surface area contributed by atoms with E-state index >= 15 is 0 Å². The van der Waals surface area contributed by atoms with Gasteiger partial charge in [-0.25, -0.2) is 0 Å². The molecule has 0 aliphatic heterocycles. The molecule has 146 valence electrons. The highest BCUT2D eigenvalue weighted by Gasteiger charge is 2.51. The highest BCUT2D eigenvalue weighted by atomic mass is 16.6. The first kappa shape index (κ1) is 18.1. The predicted octanol–water partition coefficient (Wildman–Crippen LogP) is 3.14. The van der Waals surface area contributed by atoms with E-state index in [2.05, 4.69) is 10.5 Å². The number of nitrogens with zero attached hydrogens (tertiary/aromatic N) is 1. The summed E-state index contributed by atoms with van der Waals surface area (Å²) in [4.78, 5) is 17.7. The summed E-state index contributed by atoms with van der Waals surface area (Å²) in [7, 11) is 3.17. The predicted molar refractivity (Wildman–Crippen MR) is 102 cm³/mol. The summed E-state index contributed by atoms with van der Waals surface area (Å²) in [6, 6.07) is 5.52. The first-order chi connectivity index (χ1) is 13.1. The molecule has 1 aromatic rings. The second-order valence-corrected chi connectivity index (χ2v) is 8.34. The molecular weight excluding hydrogens is 344 g/mol. The van der Waals surface area contributed by atoms with E-state index in [9.17, 15) is 4.79 Å². The van der Waals surface area contributed by atoms with Gasteiger partial charge in [-0.1, -0.05) is 11.2 Å². The fraction of sp³-hybridized carbons (Fsp3) is 0.619. The van der Waals surface area contributed by atoms with E-state index in [4.69, 9.17) is 14.3 Å². The van der Waals surface area contributed by atoms with Crippen LogP contribution in [0.1, 0.15) is 44.1 Å². The quantitative estimate of drug-likeness (QED) is 0.590. The Hall–Kier alpha value is -2.24. The van der Waals surface area contributed by atoms with Crippen LogP contribution < -0.4 is 14.8 Å². The molecule has 6 heteroatoms. The molecule has 1 aromatic carbocycles. The number of nitrogens with one attached hydrogen (secondary N) is 1. The Morgan fingerprint density at radius 1 is 1.15 bits per heavy atom. The molecule has 0 unspecified atom stereocenters. The summed E-state index contributed by atoms with van der Waals surface area (Å²) in [5.41, 5.74) is 0.743. The van der Waals surface area contributed by atoms with Gasteiger partial charge in [-0.05, 0) is 68.4 Å². The lowest BCUT2D eigenvalue weighted by Crippen LogP contribution is -2.60. The van der Waals surface area contributed by atoms with Crippen LogP contribution in [0.25, 0.3) is 0 Å². The number of carbonyl (C=O) groups excluding carboxylic acids is 1. The third-order valence-electron chi connectivity index (χ3n) is 6.34. The Balaban J connectivity index is 1.31. The molecule has 0 heterocycles. The van der Waals surface area contributed by atoms with Gasteiger partial charge < -0.3 is 19.6 Å². The van der Waals surface area contributed by atoms with Gasteiger partial charge in [0.1, 0.15) is 0 Å². The standard InChI is InChI=1S/C21H28N2O4/c1-25-18-5-3-4-17(20(18)26-2)12-22-27-13-19(24)23-21-9-14-6-15(10-21)8-16(7-14)11-21/h3-5,12,14-16H,6-11,13H2,1-2H3,(H,23,24)/b22-12-. The van der Waals surface area contributed by atoms with Crippen molar-refractivity contribution in [3.63, 3.8) is 0 Å². The summed E-state index contributed by atoms with van der Waals surface area (Å²) >= 11 is 0. The molecule has 4 aliphatic rings. The number of carbonyl (C=O) groups is 1. The third kappa shape index (κ3) is 3.75. The molecule has 0 aromatic heterocycles. The molecule has 4 saturated carbocycles. The van der Waals surface area contributed by atoms with Crippen molar-refractivity contribution >= 4 is 12.1 Å². The Labute approximate surface area is 160 Å². The molecular formula is C21H28N2O4. The zero-order valence-corrected chi connectivity index (χ0v) is 16.1. The monoisotopic (exact) mass is 372 g/mol. The second kappa shape index (κ2) is 7.41. The maximum Gasteiger partial charge on any atom is 0.261 e. The Morgan fingerprint density at radius 2 is 1.81 bits per heavy atom. The van der Waals surface area contributed by atoms with Gasteiger partial charge in [0.05, 0.1) is 20.4 Å². The summed E-state index contributed by atoms with van der Waals surface area (Å²) in [6.45, 7) is -0.0649. The number of methoxy groups -OCH3 is 2. The van der Waals surface area contributed by atoms with Crippen LogP contribution in [0, 0.1) is 17.8 Å². The minimum atomic E-state index is -0.0771. The SMILES string of the molecule is COc1cccc(/C=N\OCC(=O)NC23CC4CC(CC(C4)C2)C3)c1OC. The van der Waals surface area contributed by atoms with Crippen LogP contribution in [-0.4, -0.2) is 38.5 Å². The van der Waals surface area contributed by atoms with Gasteiger partial charge in [0.25, 0.3) is 5.91 Å². The zero-order chi connectivity index (χ0) is 18.9. The Kier molecular flexibility index (Phi) is 4.98. The average molecular weight is 372 g/mol. The number of para-hydroxylation sites is 1. The normalized spacial score (nSPS) is 31.1. The maximum absolute atomic E-state index is 12.4. The molecule has 4 fully saturated rings. The number of amides is 1. The molecule has 0 atom stereocenters. The van der Waals surface area contributed by atoms with Crippen LogP contribution in [0.4, 0.5) is 0 Å². The van der Waals surface area contributed by atoms with Crippen molar-refractivity contribution in [2.24, 2.45) is 22.9 Å². The topological polar surface area (TPSA) is 69.2 Å². The van der Waals surface area contributed by atoms with Gasteiger partial charge in [0, 0.05) is 11.1 Å². The van der Waals surface area contributed by atoms with E-state index in [1.54, 1.807) is 20.4 Å². The Morgan fingerprint density at radius 3 is 2.41 bits per heavy atom. The smallest absolute Gasteiger partial charge is 0.261 e. The Bertz CT molecular complexity index is 696. The summed E-state index contributed by atoms with van der Waals surface area (Å²) < 4.78 is 10.6. The number of hydrogen-bond acceptors (Lipinski definition) is 5. The number of benzene rings is 1. The van der Waals surface area contributed by atoms with Gasteiger partial charge in [0.15, 0.2) is 18.1 Å². The zero-order valence-electron chi connectivity index (χ0n) is 16.1. The van der Waals surface area contributed by atoms with Crippen molar-refractivity contribution in [1.29, 1.82) is 0 Å². The first-order valence-electron chi connectivity index (χ1n) is 9.78. The van der Waals surface area contributed by atoms with Gasteiger partial charge in [-0.2, -0.15) is 0 Å². The van der Waals surface area contributed by atoms with Gasteiger partial charge in [-0.15, -0.1) is 0 Å².